The molecule has 2 saturated heterocycles. The number of aliphatic hydroxyl groups excluding tert-OH is 3. The fraction of sp³-hybridized carbons (Fsp3) is 0.857. The smallest absolute Gasteiger partial charge is 0.170 e. The zero-order chi connectivity index (χ0) is 19.5. The Hall–Kier alpha value is -0.790. The molecule has 4 saturated carbocycles. The van der Waals surface area contributed by atoms with Gasteiger partial charge in [0.25, 0.3) is 0 Å². The van der Waals surface area contributed by atoms with Gasteiger partial charge >= 0.3 is 0 Å². The molecule has 2 heterocycles. The highest BCUT2D eigenvalue weighted by Gasteiger charge is 2.82. The summed E-state index contributed by atoms with van der Waals surface area (Å²) in [5.41, 5.74) is -1.71. The van der Waals surface area contributed by atoms with Gasteiger partial charge in [-0.3, -0.25) is 4.79 Å². The third-order valence-electron chi connectivity index (χ3n) is 9.16. The summed E-state index contributed by atoms with van der Waals surface area (Å²) in [7, 11) is 1.60. The standard InChI is InChI=1S/C21H30O6/c1-9-10-7-11(22)15-20-6-5-13(23)19(2,3)12(20)8-14(27-18(20)26-4)21(15,16(9)24)17(10)25/h10-15,17-18,22-23,25H,1,5-8H2,2-4H3/t10-,11-,12+,13+,14-,15-,17+,18-,20-,21+/m0/s1. The molecule has 4 bridgehead atoms. The summed E-state index contributed by atoms with van der Waals surface area (Å²) in [6.07, 6.45) is -1.05. The van der Waals surface area contributed by atoms with E-state index in [1.54, 1.807) is 7.11 Å². The van der Waals surface area contributed by atoms with E-state index in [9.17, 15) is 20.1 Å². The maximum Gasteiger partial charge on any atom is 0.170 e. The molecular formula is C21H30O6. The molecule has 0 unspecified atom stereocenters. The monoisotopic (exact) mass is 378 g/mol. The Labute approximate surface area is 159 Å². The number of carbonyl (C=O) groups excluding carboxylic acids is 1. The third kappa shape index (κ3) is 1.71. The number of methoxy groups -OCH3 is 1. The number of hydrogen-bond donors (Lipinski definition) is 3. The first kappa shape index (κ1) is 18.3. The number of Topliss-reactive ketones (excluding diaryl/α,β-unsaturated/α-hetero) is 1. The average molecular weight is 378 g/mol. The van der Waals surface area contributed by atoms with Gasteiger partial charge in [-0.1, -0.05) is 20.4 Å². The predicted octanol–water partition coefficient (Wildman–Crippen LogP) is 1.03. The van der Waals surface area contributed by atoms with Crippen LogP contribution in [0, 0.1) is 34.0 Å². The second-order valence-electron chi connectivity index (χ2n) is 10.1. The van der Waals surface area contributed by atoms with Crippen LogP contribution in [0.25, 0.3) is 0 Å². The second-order valence-corrected chi connectivity index (χ2v) is 10.1. The molecule has 6 rings (SSSR count). The van der Waals surface area contributed by atoms with E-state index in [1.165, 1.54) is 0 Å². The zero-order valence-corrected chi connectivity index (χ0v) is 16.2. The maximum atomic E-state index is 13.4. The number of rotatable bonds is 1. The van der Waals surface area contributed by atoms with Crippen LogP contribution in [-0.4, -0.2) is 58.9 Å². The van der Waals surface area contributed by atoms with E-state index in [0.717, 1.165) is 0 Å². The largest absolute Gasteiger partial charge is 0.393 e. The molecule has 6 heteroatoms. The van der Waals surface area contributed by atoms with Crippen LogP contribution in [0.15, 0.2) is 12.2 Å². The van der Waals surface area contributed by atoms with Crippen LogP contribution in [0.3, 0.4) is 0 Å². The number of carbonyl (C=O) groups is 1. The lowest BCUT2D eigenvalue weighted by Gasteiger charge is -2.73. The number of aliphatic hydroxyl groups is 3. The Bertz CT molecular complexity index is 717. The van der Waals surface area contributed by atoms with Crippen LogP contribution in [0.2, 0.25) is 0 Å². The molecule has 0 aromatic rings. The Morgan fingerprint density at radius 2 is 1.93 bits per heavy atom. The van der Waals surface area contributed by atoms with Crippen molar-refractivity contribution in [3.63, 3.8) is 0 Å². The summed E-state index contributed by atoms with van der Waals surface area (Å²) in [5, 5.41) is 33.2. The molecule has 150 valence electrons. The molecule has 27 heavy (non-hydrogen) atoms. The minimum Gasteiger partial charge on any atom is -0.393 e. The second kappa shape index (κ2) is 5.22. The Morgan fingerprint density at radius 1 is 1.22 bits per heavy atom. The Kier molecular flexibility index (Phi) is 3.53. The molecule has 4 aliphatic carbocycles. The minimum atomic E-state index is -1.14. The van der Waals surface area contributed by atoms with Gasteiger partial charge in [0, 0.05) is 24.4 Å². The molecule has 6 fully saturated rings. The van der Waals surface area contributed by atoms with Gasteiger partial charge in [0.2, 0.25) is 0 Å². The van der Waals surface area contributed by atoms with Gasteiger partial charge in [-0.15, -0.1) is 0 Å². The van der Waals surface area contributed by atoms with E-state index in [2.05, 4.69) is 20.4 Å². The normalized spacial score (nSPS) is 58.1. The quantitative estimate of drug-likeness (QED) is 0.590. The molecule has 3 N–H and O–H groups in total. The van der Waals surface area contributed by atoms with E-state index in [1.807, 2.05) is 0 Å². The first-order valence-corrected chi connectivity index (χ1v) is 10.1. The van der Waals surface area contributed by atoms with Gasteiger partial charge in [-0.2, -0.15) is 0 Å². The fourth-order valence-corrected chi connectivity index (χ4v) is 8.07. The maximum absolute atomic E-state index is 13.4. The Balaban J connectivity index is 1.76. The van der Waals surface area contributed by atoms with Crippen LogP contribution in [-0.2, 0) is 14.3 Å². The molecule has 0 aromatic carbocycles. The number of ether oxygens (including phenoxy) is 2. The summed E-state index contributed by atoms with van der Waals surface area (Å²) in [6, 6.07) is 0. The van der Waals surface area contributed by atoms with Crippen LogP contribution in [0.5, 0.6) is 0 Å². The van der Waals surface area contributed by atoms with Crippen molar-refractivity contribution in [2.45, 2.75) is 70.2 Å². The third-order valence-corrected chi connectivity index (χ3v) is 9.16. The van der Waals surface area contributed by atoms with E-state index in [-0.39, 0.29) is 11.7 Å². The van der Waals surface area contributed by atoms with Crippen LogP contribution in [0.1, 0.15) is 39.5 Å². The highest BCUT2D eigenvalue weighted by atomic mass is 16.7. The van der Waals surface area contributed by atoms with Gasteiger partial charge in [0.15, 0.2) is 12.1 Å². The lowest BCUT2D eigenvalue weighted by molar-refractivity contribution is -0.403. The highest BCUT2D eigenvalue weighted by Crippen LogP contribution is 2.75. The predicted molar refractivity (Wildman–Crippen MR) is 95.4 cm³/mol. The van der Waals surface area contributed by atoms with Crippen molar-refractivity contribution < 1.29 is 29.6 Å². The van der Waals surface area contributed by atoms with Crippen molar-refractivity contribution in [3.8, 4) is 0 Å². The molecule has 10 atom stereocenters. The van der Waals surface area contributed by atoms with Crippen molar-refractivity contribution in [1.82, 2.24) is 0 Å². The lowest BCUT2D eigenvalue weighted by atomic mass is 9.36. The van der Waals surface area contributed by atoms with E-state index in [0.29, 0.717) is 31.3 Å². The summed E-state index contributed by atoms with van der Waals surface area (Å²) >= 11 is 0. The molecule has 6 nitrogen and oxygen atoms in total. The first-order chi connectivity index (χ1) is 12.6. The van der Waals surface area contributed by atoms with Crippen molar-refractivity contribution >= 4 is 5.78 Å². The van der Waals surface area contributed by atoms with Gasteiger partial charge in [0.05, 0.1) is 29.8 Å². The molecular weight excluding hydrogens is 348 g/mol. The van der Waals surface area contributed by atoms with Crippen LogP contribution in [0.4, 0.5) is 0 Å². The van der Waals surface area contributed by atoms with Crippen LogP contribution >= 0.6 is 0 Å². The number of ketones is 1. The van der Waals surface area contributed by atoms with E-state index in [4.69, 9.17) is 9.47 Å². The lowest BCUT2D eigenvalue weighted by Crippen LogP contribution is -2.79. The van der Waals surface area contributed by atoms with Gasteiger partial charge < -0.3 is 24.8 Å². The first-order valence-electron chi connectivity index (χ1n) is 10.1. The van der Waals surface area contributed by atoms with Crippen molar-refractivity contribution in [3.05, 3.63) is 12.2 Å². The zero-order valence-electron chi connectivity index (χ0n) is 16.2. The molecule has 2 spiro atoms. The van der Waals surface area contributed by atoms with Crippen LogP contribution < -0.4 is 0 Å². The minimum absolute atomic E-state index is 0.0353. The summed E-state index contributed by atoms with van der Waals surface area (Å²) < 4.78 is 12.1. The summed E-state index contributed by atoms with van der Waals surface area (Å²) in [4.78, 5) is 13.4. The fourth-order valence-electron chi connectivity index (χ4n) is 8.07. The van der Waals surface area contributed by atoms with Gasteiger partial charge in [0.1, 0.15) is 0 Å². The SMILES string of the molecule is C=C1C(=O)[C@@]23[C@@H]4C[C@@H]5C(C)(C)[C@H](O)CC[C@@]5([C@@H](OC)O4)[C@@H]2[C@@H](O)C[C@@H]1[C@H]3O. The summed E-state index contributed by atoms with van der Waals surface area (Å²) in [5.74, 6) is -0.946. The molecule has 0 radical (unpaired) electrons. The van der Waals surface area contributed by atoms with Crippen molar-refractivity contribution in [2.24, 2.45) is 34.0 Å². The number of fused-ring (bicyclic) bond motifs is 2. The van der Waals surface area contributed by atoms with E-state index >= 15 is 0 Å². The van der Waals surface area contributed by atoms with E-state index < -0.39 is 58.8 Å². The Morgan fingerprint density at radius 3 is 2.59 bits per heavy atom. The number of hydrogen-bond acceptors (Lipinski definition) is 6. The topological polar surface area (TPSA) is 96.2 Å². The summed E-state index contributed by atoms with van der Waals surface area (Å²) in [6.45, 7) is 8.09. The van der Waals surface area contributed by atoms with Crippen molar-refractivity contribution in [1.29, 1.82) is 0 Å². The molecule has 0 amide bonds. The molecule has 2 aliphatic heterocycles. The van der Waals surface area contributed by atoms with Gasteiger partial charge in [-0.25, -0.2) is 0 Å². The average Bonchev–Trinajstić information content (AvgIpc) is 2.75. The molecule has 0 aromatic heterocycles. The molecule has 6 aliphatic rings. The van der Waals surface area contributed by atoms with Crippen molar-refractivity contribution in [2.75, 3.05) is 7.11 Å². The van der Waals surface area contributed by atoms with Gasteiger partial charge in [-0.05, 0) is 42.6 Å². The highest BCUT2D eigenvalue weighted by molar-refractivity contribution is 6.04.